The van der Waals surface area contributed by atoms with Crippen LogP contribution in [0.1, 0.15) is 11.4 Å². The highest BCUT2D eigenvalue weighted by Gasteiger charge is 2.24. The molecule has 6 nitrogen and oxygen atoms in total. The molecule has 0 spiro atoms. The highest BCUT2D eigenvalue weighted by atomic mass is 16.5. The van der Waals surface area contributed by atoms with Gasteiger partial charge in [-0.15, -0.1) is 0 Å². The first kappa shape index (κ1) is 14.7. The molecular formula is C16H20N4O2. The van der Waals surface area contributed by atoms with Gasteiger partial charge in [-0.05, 0) is 26.0 Å². The van der Waals surface area contributed by atoms with E-state index in [2.05, 4.69) is 15.7 Å². The zero-order chi connectivity index (χ0) is 15.5. The maximum atomic E-state index is 12.3. The van der Waals surface area contributed by atoms with Gasteiger partial charge in [-0.25, -0.2) is 4.68 Å². The van der Waals surface area contributed by atoms with E-state index in [1.807, 2.05) is 48.9 Å². The highest BCUT2D eigenvalue weighted by molar-refractivity contribution is 5.95. The molecule has 116 valence electrons. The number of nitrogens with one attached hydrogen (secondary N) is 2. The fourth-order valence-electron chi connectivity index (χ4n) is 2.58. The molecular weight excluding hydrogens is 280 g/mol. The maximum absolute atomic E-state index is 12.3. The fourth-order valence-corrected chi connectivity index (χ4v) is 2.58. The number of ether oxygens (including phenoxy) is 1. The molecule has 2 N–H and O–H groups in total. The lowest BCUT2D eigenvalue weighted by atomic mass is 10.2. The van der Waals surface area contributed by atoms with Crippen molar-refractivity contribution in [3.05, 3.63) is 41.7 Å². The van der Waals surface area contributed by atoms with Crippen molar-refractivity contribution in [1.82, 2.24) is 15.1 Å². The van der Waals surface area contributed by atoms with Crippen molar-refractivity contribution in [1.29, 1.82) is 0 Å². The summed E-state index contributed by atoms with van der Waals surface area (Å²) < 4.78 is 7.32. The standard InChI is InChI=1S/C16H20N4O2/c1-11-15(18-16(21)14-10-17-8-9-22-14)12(2)20(19-11)13-6-4-3-5-7-13/h3-7,14,17H,8-10H2,1-2H3,(H,18,21). The minimum Gasteiger partial charge on any atom is -0.366 e. The number of hydrogen-bond acceptors (Lipinski definition) is 4. The largest absolute Gasteiger partial charge is 0.366 e. The van der Waals surface area contributed by atoms with Gasteiger partial charge in [0, 0.05) is 13.1 Å². The summed E-state index contributed by atoms with van der Waals surface area (Å²) >= 11 is 0. The minimum absolute atomic E-state index is 0.133. The monoisotopic (exact) mass is 300 g/mol. The Hall–Kier alpha value is -2.18. The van der Waals surface area contributed by atoms with Gasteiger partial charge in [-0.2, -0.15) is 5.10 Å². The van der Waals surface area contributed by atoms with Gasteiger partial charge in [0.15, 0.2) is 0 Å². The van der Waals surface area contributed by atoms with Crippen LogP contribution in [0.3, 0.4) is 0 Å². The number of morpholine rings is 1. The summed E-state index contributed by atoms with van der Waals surface area (Å²) in [6, 6.07) is 9.86. The zero-order valence-corrected chi connectivity index (χ0v) is 12.8. The quantitative estimate of drug-likeness (QED) is 0.899. The first-order valence-electron chi connectivity index (χ1n) is 7.41. The number of benzene rings is 1. The normalized spacial score (nSPS) is 18.2. The Morgan fingerprint density at radius 3 is 2.82 bits per heavy atom. The summed E-state index contributed by atoms with van der Waals surface area (Å²) in [5, 5.41) is 10.6. The Labute approximate surface area is 129 Å². The van der Waals surface area contributed by atoms with Crippen LogP contribution < -0.4 is 10.6 Å². The van der Waals surface area contributed by atoms with E-state index in [1.54, 1.807) is 0 Å². The molecule has 1 aromatic heterocycles. The number of aryl methyl sites for hydroxylation is 1. The lowest BCUT2D eigenvalue weighted by Crippen LogP contribution is -2.45. The second-order valence-corrected chi connectivity index (χ2v) is 5.35. The van der Waals surface area contributed by atoms with Crippen molar-refractivity contribution in [2.45, 2.75) is 20.0 Å². The van der Waals surface area contributed by atoms with Gasteiger partial charge in [0.2, 0.25) is 0 Å². The van der Waals surface area contributed by atoms with Gasteiger partial charge in [0.1, 0.15) is 6.10 Å². The van der Waals surface area contributed by atoms with Crippen LogP contribution in [0.25, 0.3) is 5.69 Å². The van der Waals surface area contributed by atoms with Crippen molar-refractivity contribution in [2.75, 3.05) is 25.0 Å². The van der Waals surface area contributed by atoms with E-state index in [9.17, 15) is 4.79 Å². The van der Waals surface area contributed by atoms with E-state index in [4.69, 9.17) is 4.74 Å². The molecule has 1 saturated heterocycles. The fraction of sp³-hybridized carbons (Fsp3) is 0.375. The molecule has 1 aliphatic heterocycles. The van der Waals surface area contributed by atoms with E-state index in [0.29, 0.717) is 13.2 Å². The molecule has 1 amide bonds. The van der Waals surface area contributed by atoms with E-state index in [-0.39, 0.29) is 5.91 Å². The van der Waals surface area contributed by atoms with Crippen LogP contribution >= 0.6 is 0 Å². The molecule has 0 aliphatic carbocycles. The van der Waals surface area contributed by atoms with Crippen LogP contribution in [-0.4, -0.2) is 41.5 Å². The smallest absolute Gasteiger partial charge is 0.254 e. The lowest BCUT2D eigenvalue weighted by Gasteiger charge is -2.22. The van der Waals surface area contributed by atoms with Crippen LogP contribution in [0.15, 0.2) is 30.3 Å². The molecule has 0 saturated carbocycles. The summed E-state index contributed by atoms with van der Waals surface area (Å²) in [6.45, 7) is 5.72. The van der Waals surface area contributed by atoms with Crippen LogP contribution in [0.2, 0.25) is 0 Å². The molecule has 1 fully saturated rings. The van der Waals surface area contributed by atoms with Crippen molar-refractivity contribution in [3.63, 3.8) is 0 Å². The summed E-state index contributed by atoms with van der Waals surface area (Å²) in [4.78, 5) is 12.3. The molecule has 2 aromatic rings. The van der Waals surface area contributed by atoms with Crippen molar-refractivity contribution in [3.8, 4) is 5.69 Å². The van der Waals surface area contributed by atoms with Crippen LogP contribution in [0, 0.1) is 13.8 Å². The zero-order valence-electron chi connectivity index (χ0n) is 12.8. The summed E-state index contributed by atoms with van der Waals surface area (Å²) in [5.74, 6) is -0.133. The molecule has 3 rings (SSSR count). The third-order valence-electron chi connectivity index (χ3n) is 3.76. The Balaban J connectivity index is 1.82. The van der Waals surface area contributed by atoms with Crippen LogP contribution in [0.4, 0.5) is 5.69 Å². The molecule has 2 heterocycles. The van der Waals surface area contributed by atoms with Gasteiger partial charge in [-0.1, -0.05) is 18.2 Å². The molecule has 1 aromatic carbocycles. The molecule has 22 heavy (non-hydrogen) atoms. The first-order valence-corrected chi connectivity index (χ1v) is 7.41. The van der Waals surface area contributed by atoms with Crippen molar-refractivity contribution >= 4 is 11.6 Å². The molecule has 6 heteroatoms. The highest BCUT2D eigenvalue weighted by Crippen LogP contribution is 2.23. The average Bonchev–Trinajstić information content (AvgIpc) is 2.84. The Kier molecular flexibility index (Phi) is 4.22. The number of anilines is 1. The van der Waals surface area contributed by atoms with E-state index in [0.717, 1.165) is 29.3 Å². The minimum atomic E-state index is -0.451. The van der Waals surface area contributed by atoms with Crippen molar-refractivity contribution < 1.29 is 9.53 Å². The Bertz CT molecular complexity index is 660. The summed E-state index contributed by atoms with van der Waals surface area (Å²) in [6.07, 6.45) is -0.451. The van der Waals surface area contributed by atoms with Gasteiger partial charge in [-0.3, -0.25) is 4.79 Å². The average molecular weight is 300 g/mol. The number of para-hydroxylation sites is 1. The predicted octanol–water partition coefficient (Wildman–Crippen LogP) is 1.42. The Morgan fingerprint density at radius 1 is 1.36 bits per heavy atom. The molecule has 0 bridgehead atoms. The topological polar surface area (TPSA) is 68.2 Å². The molecule has 0 radical (unpaired) electrons. The number of carbonyl (C=O) groups is 1. The summed E-state index contributed by atoms with van der Waals surface area (Å²) in [7, 11) is 0. The van der Waals surface area contributed by atoms with Crippen LogP contribution in [0.5, 0.6) is 0 Å². The van der Waals surface area contributed by atoms with Crippen molar-refractivity contribution in [2.24, 2.45) is 0 Å². The predicted molar refractivity (Wildman–Crippen MR) is 84.3 cm³/mol. The third-order valence-corrected chi connectivity index (χ3v) is 3.76. The van der Waals surface area contributed by atoms with E-state index < -0.39 is 6.10 Å². The second-order valence-electron chi connectivity index (χ2n) is 5.35. The first-order chi connectivity index (χ1) is 10.7. The number of hydrogen-bond donors (Lipinski definition) is 2. The SMILES string of the molecule is Cc1nn(-c2ccccc2)c(C)c1NC(=O)C1CNCCO1. The van der Waals surface area contributed by atoms with Gasteiger partial charge >= 0.3 is 0 Å². The molecule has 1 aliphatic rings. The number of amides is 1. The number of nitrogens with zero attached hydrogens (tertiary/aromatic N) is 2. The summed E-state index contributed by atoms with van der Waals surface area (Å²) in [5.41, 5.74) is 3.42. The van der Waals surface area contributed by atoms with Gasteiger partial charge in [0.25, 0.3) is 5.91 Å². The Morgan fingerprint density at radius 2 is 2.14 bits per heavy atom. The number of rotatable bonds is 3. The van der Waals surface area contributed by atoms with Crippen LogP contribution in [-0.2, 0) is 9.53 Å². The lowest BCUT2D eigenvalue weighted by molar-refractivity contribution is -0.128. The van der Waals surface area contributed by atoms with Gasteiger partial charge < -0.3 is 15.4 Å². The number of carbonyl (C=O) groups excluding carboxylic acids is 1. The number of aromatic nitrogens is 2. The second kappa shape index (κ2) is 6.29. The van der Waals surface area contributed by atoms with E-state index in [1.165, 1.54) is 0 Å². The molecule has 1 atom stereocenters. The van der Waals surface area contributed by atoms with E-state index >= 15 is 0 Å². The third kappa shape index (κ3) is 2.88. The van der Waals surface area contributed by atoms with Gasteiger partial charge in [0.05, 0.1) is 29.4 Å². The maximum Gasteiger partial charge on any atom is 0.254 e. The molecule has 1 unspecified atom stereocenters.